The molecular weight excluding hydrogens is 224 g/mol. The van der Waals surface area contributed by atoms with Gasteiger partial charge in [-0.1, -0.05) is 29.8 Å². The molecule has 0 aliphatic rings. The van der Waals surface area contributed by atoms with Crippen LogP contribution in [0.2, 0.25) is 0 Å². The van der Waals surface area contributed by atoms with Gasteiger partial charge in [-0.3, -0.25) is 4.79 Å². The molecule has 0 saturated carbocycles. The monoisotopic (exact) mass is 240 g/mol. The van der Waals surface area contributed by atoms with Crippen molar-refractivity contribution >= 4 is 11.6 Å². The quantitative estimate of drug-likeness (QED) is 0.810. The maximum Gasteiger partial charge on any atom is 0.251 e. The standard InChI is InChI=1S/C15H16N2O/c1-11-3-2-4-13(9-11)15(18)17-10-12-5-7-14(16)8-6-12/h2-9H,10,16H2,1H3,(H,17,18). The molecule has 0 aliphatic carbocycles. The number of carbonyl (C=O) groups excluding carboxylic acids is 1. The molecule has 2 aromatic rings. The fourth-order valence-corrected chi connectivity index (χ4v) is 1.71. The van der Waals surface area contributed by atoms with Crippen LogP contribution in [0.4, 0.5) is 5.69 Å². The Labute approximate surface area is 107 Å². The lowest BCUT2D eigenvalue weighted by Gasteiger charge is -2.06. The Morgan fingerprint density at radius 2 is 1.89 bits per heavy atom. The smallest absolute Gasteiger partial charge is 0.251 e. The van der Waals surface area contributed by atoms with Crippen molar-refractivity contribution in [3.63, 3.8) is 0 Å². The van der Waals surface area contributed by atoms with Crippen LogP contribution in [-0.2, 0) is 6.54 Å². The van der Waals surface area contributed by atoms with E-state index >= 15 is 0 Å². The van der Waals surface area contributed by atoms with Gasteiger partial charge < -0.3 is 11.1 Å². The van der Waals surface area contributed by atoms with E-state index in [1.54, 1.807) is 0 Å². The highest BCUT2D eigenvalue weighted by Crippen LogP contribution is 2.07. The van der Waals surface area contributed by atoms with Crippen molar-refractivity contribution in [3.8, 4) is 0 Å². The largest absolute Gasteiger partial charge is 0.399 e. The van der Waals surface area contributed by atoms with Crippen LogP contribution in [0.3, 0.4) is 0 Å². The van der Waals surface area contributed by atoms with E-state index in [4.69, 9.17) is 5.73 Å². The number of carbonyl (C=O) groups is 1. The molecule has 0 fully saturated rings. The summed E-state index contributed by atoms with van der Waals surface area (Å²) in [7, 11) is 0. The highest BCUT2D eigenvalue weighted by atomic mass is 16.1. The summed E-state index contributed by atoms with van der Waals surface area (Å²) in [6, 6.07) is 15.0. The van der Waals surface area contributed by atoms with Crippen LogP contribution in [0.5, 0.6) is 0 Å². The summed E-state index contributed by atoms with van der Waals surface area (Å²) in [6.45, 7) is 2.48. The van der Waals surface area contributed by atoms with Gasteiger partial charge in [0.2, 0.25) is 0 Å². The first kappa shape index (κ1) is 12.2. The van der Waals surface area contributed by atoms with Crippen LogP contribution < -0.4 is 11.1 Å². The van der Waals surface area contributed by atoms with E-state index in [2.05, 4.69) is 5.32 Å². The van der Waals surface area contributed by atoms with Gasteiger partial charge in [0.15, 0.2) is 0 Å². The highest BCUT2D eigenvalue weighted by molar-refractivity contribution is 5.94. The van der Waals surface area contributed by atoms with Gasteiger partial charge >= 0.3 is 0 Å². The fraction of sp³-hybridized carbons (Fsp3) is 0.133. The Morgan fingerprint density at radius 1 is 1.17 bits per heavy atom. The van der Waals surface area contributed by atoms with Gasteiger partial charge in [0.05, 0.1) is 0 Å². The number of benzene rings is 2. The summed E-state index contributed by atoms with van der Waals surface area (Å²) in [5, 5.41) is 2.88. The predicted octanol–water partition coefficient (Wildman–Crippen LogP) is 2.51. The van der Waals surface area contributed by atoms with E-state index in [1.807, 2.05) is 55.5 Å². The van der Waals surface area contributed by atoms with Crippen molar-refractivity contribution in [2.75, 3.05) is 5.73 Å². The van der Waals surface area contributed by atoms with Crippen LogP contribution in [0.15, 0.2) is 48.5 Å². The van der Waals surface area contributed by atoms with Gasteiger partial charge in [-0.15, -0.1) is 0 Å². The lowest BCUT2D eigenvalue weighted by Crippen LogP contribution is -2.22. The summed E-state index contributed by atoms with van der Waals surface area (Å²) in [5.74, 6) is -0.0597. The van der Waals surface area contributed by atoms with Crippen LogP contribution in [0, 0.1) is 6.92 Å². The summed E-state index contributed by atoms with van der Waals surface area (Å²) in [5.41, 5.74) is 9.13. The minimum Gasteiger partial charge on any atom is -0.399 e. The molecule has 3 heteroatoms. The van der Waals surface area contributed by atoms with Gasteiger partial charge in [-0.25, -0.2) is 0 Å². The Hall–Kier alpha value is -2.29. The maximum atomic E-state index is 11.9. The second-order valence-electron chi connectivity index (χ2n) is 4.29. The first-order valence-electron chi connectivity index (χ1n) is 5.84. The zero-order valence-electron chi connectivity index (χ0n) is 10.3. The number of aryl methyl sites for hydroxylation is 1. The van der Waals surface area contributed by atoms with Crippen LogP contribution in [0.25, 0.3) is 0 Å². The summed E-state index contributed by atoms with van der Waals surface area (Å²) >= 11 is 0. The zero-order valence-corrected chi connectivity index (χ0v) is 10.3. The van der Waals surface area contributed by atoms with E-state index in [0.717, 1.165) is 16.8 Å². The van der Waals surface area contributed by atoms with Gasteiger partial charge in [-0.05, 0) is 36.8 Å². The Kier molecular flexibility index (Phi) is 3.63. The first-order chi connectivity index (χ1) is 8.65. The molecule has 0 bridgehead atoms. The topological polar surface area (TPSA) is 55.1 Å². The van der Waals surface area contributed by atoms with Crippen LogP contribution in [-0.4, -0.2) is 5.91 Å². The van der Waals surface area contributed by atoms with Crippen LogP contribution >= 0.6 is 0 Å². The Bertz CT molecular complexity index is 547. The molecule has 2 rings (SSSR count). The second kappa shape index (κ2) is 5.36. The molecule has 92 valence electrons. The van der Waals surface area contributed by atoms with Gasteiger partial charge in [-0.2, -0.15) is 0 Å². The van der Waals surface area contributed by atoms with E-state index in [-0.39, 0.29) is 5.91 Å². The molecule has 0 aromatic heterocycles. The molecule has 0 saturated heterocycles. The number of anilines is 1. The van der Waals surface area contributed by atoms with Gasteiger partial charge in [0, 0.05) is 17.8 Å². The molecule has 1 amide bonds. The van der Waals surface area contributed by atoms with Crippen molar-refractivity contribution in [1.29, 1.82) is 0 Å². The molecule has 0 spiro atoms. The molecule has 3 N–H and O–H groups in total. The Balaban J connectivity index is 1.98. The van der Waals surface area contributed by atoms with Crippen molar-refractivity contribution in [1.82, 2.24) is 5.32 Å². The molecular formula is C15H16N2O. The molecule has 0 atom stereocenters. The number of nitrogens with two attached hydrogens (primary N) is 1. The Morgan fingerprint density at radius 3 is 2.56 bits per heavy atom. The summed E-state index contributed by atoms with van der Waals surface area (Å²) in [4.78, 5) is 11.9. The predicted molar refractivity (Wildman–Crippen MR) is 73.2 cm³/mol. The van der Waals surface area contributed by atoms with E-state index < -0.39 is 0 Å². The molecule has 18 heavy (non-hydrogen) atoms. The number of amides is 1. The number of rotatable bonds is 3. The van der Waals surface area contributed by atoms with Crippen molar-refractivity contribution in [2.45, 2.75) is 13.5 Å². The molecule has 0 heterocycles. The number of hydrogen-bond donors (Lipinski definition) is 2. The third kappa shape index (κ3) is 3.10. The molecule has 2 aromatic carbocycles. The van der Waals surface area contributed by atoms with Gasteiger partial charge in [0.1, 0.15) is 0 Å². The molecule has 0 aliphatic heterocycles. The van der Waals surface area contributed by atoms with Crippen LogP contribution in [0.1, 0.15) is 21.5 Å². The fourth-order valence-electron chi connectivity index (χ4n) is 1.71. The lowest BCUT2D eigenvalue weighted by molar-refractivity contribution is 0.0951. The normalized spacial score (nSPS) is 10.1. The molecule has 0 unspecified atom stereocenters. The number of nitrogen functional groups attached to an aromatic ring is 1. The minimum atomic E-state index is -0.0597. The second-order valence-corrected chi connectivity index (χ2v) is 4.29. The van der Waals surface area contributed by atoms with E-state index in [1.165, 1.54) is 0 Å². The van der Waals surface area contributed by atoms with E-state index in [0.29, 0.717) is 12.1 Å². The zero-order chi connectivity index (χ0) is 13.0. The third-order valence-electron chi connectivity index (χ3n) is 2.71. The van der Waals surface area contributed by atoms with E-state index in [9.17, 15) is 4.79 Å². The number of nitrogens with one attached hydrogen (secondary N) is 1. The lowest BCUT2D eigenvalue weighted by atomic mass is 10.1. The molecule has 0 radical (unpaired) electrons. The number of hydrogen-bond acceptors (Lipinski definition) is 2. The first-order valence-corrected chi connectivity index (χ1v) is 5.84. The third-order valence-corrected chi connectivity index (χ3v) is 2.71. The van der Waals surface area contributed by atoms with Crippen molar-refractivity contribution in [2.24, 2.45) is 0 Å². The summed E-state index contributed by atoms with van der Waals surface area (Å²) in [6.07, 6.45) is 0. The average molecular weight is 240 g/mol. The summed E-state index contributed by atoms with van der Waals surface area (Å²) < 4.78 is 0. The highest BCUT2D eigenvalue weighted by Gasteiger charge is 2.04. The van der Waals surface area contributed by atoms with Crippen molar-refractivity contribution in [3.05, 3.63) is 65.2 Å². The average Bonchev–Trinajstić information content (AvgIpc) is 2.38. The maximum absolute atomic E-state index is 11.9. The minimum absolute atomic E-state index is 0.0597. The van der Waals surface area contributed by atoms with Crippen molar-refractivity contribution < 1.29 is 4.79 Å². The van der Waals surface area contributed by atoms with Gasteiger partial charge in [0.25, 0.3) is 5.91 Å². The molecule has 3 nitrogen and oxygen atoms in total. The SMILES string of the molecule is Cc1cccc(C(=O)NCc2ccc(N)cc2)c1.